The van der Waals surface area contributed by atoms with Crippen LogP contribution in [0.3, 0.4) is 0 Å². The molecule has 0 unspecified atom stereocenters. The Morgan fingerprint density at radius 3 is 3.13 bits per heavy atom. The van der Waals surface area contributed by atoms with Crippen LogP contribution in [0.25, 0.3) is 10.2 Å². The predicted molar refractivity (Wildman–Crippen MR) is 69.4 cm³/mol. The first-order chi connectivity index (χ1) is 7.29. The van der Waals surface area contributed by atoms with E-state index in [1.54, 1.807) is 0 Å². The average Bonchev–Trinajstić information content (AvgIpc) is 2.57. The number of hydrogen-bond donors (Lipinski definition) is 2. The van der Waals surface area contributed by atoms with Crippen LogP contribution in [0.2, 0.25) is 0 Å². The molecule has 1 aromatic heterocycles. The molecule has 1 heterocycles. The molecule has 2 rings (SSSR count). The maximum absolute atomic E-state index is 5.62. The van der Waals surface area contributed by atoms with Crippen molar-refractivity contribution in [3.63, 3.8) is 0 Å². The minimum atomic E-state index is 0.602. The molecule has 76 valence electrons. The zero-order valence-electron chi connectivity index (χ0n) is 8.03. The van der Waals surface area contributed by atoms with Crippen molar-refractivity contribution in [2.45, 2.75) is 6.42 Å². The van der Waals surface area contributed by atoms with Crippen LogP contribution in [-0.4, -0.2) is 10.7 Å². The second-order valence-electron chi connectivity index (χ2n) is 3.01. The van der Waals surface area contributed by atoms with Crippen molar-refractivity contribution in [2.75, 3.05) is 11.5 Å². The number of thiol groups is 1. The van der Waals surface area contributed by atoms with Gasteiger partial charge in [0.1, 0.15) is 0 Å². The summed E-state index contributed by atoms with van der Waals surface area (Å²) < 4.78 is 1.10. The lowest BCUT2D eigenvalue weighted by molar-refractivity contribution is 1.31. The minimum Gasteiger partial charge on any atom is -0.375 e. The number of aromatic nitrogens is 1. The van der Waals surface area contributed by atoms with Gasteiger partial charge in [0.15, 0.2) is 5.13 Å². The van der Waals surface area contributed by atoms with Gasteiger partial charge in [0, 0.05) is 17.7 Å². The van der Waals surface area contributed by atoms with E-state index in [9.17, 15) is 0 Å². The molecule has 0 aliphatic heterocycles. The highest BCUT2D eigenvalue weighted by molar-refractivity contribution is 7.80. The Morgan fingerprint density at radius 2 is 2.33 bits per heavy atom. The molecule has 0 aliphatic rings. The fourth-order valence-corrected chi connectivity index (χ4v) is 2.07. The summed E-state index contributed by atoms with van der Waals surface area (Å²) in [7, 11) is 0. The van der Waals surface area contributed by atoms with Gasteiger partial charge < -0.3 is 5.73 Å². The van der Waals surface area contributed by atoms with Crippen molar-refractivity contribution in [3.05, 3.63) is 23.8 Å². The van der Waals surface area contributed by atoms with E-state index in [0.717, 1.165) is 28.0 Å². The highest BCUT2D eigenvalue weighted by atomic mass is 32.1. The quantitative estimate of drug-likeness (QED) is 0.588. The molecular weight excluding hydrogens is 224 g/mol. The summed E-state index contributed by atoms with van der Waals surface area (Å²) in [6.07, 6.45) is 0.806. The highest BCUT2D eigenvalue weighted by Gasteiger charge is 2.00. The van der Waals surface area contributed by atoms with Crippen molar-refractivity contribution >= 4 is 39.3 Å². The zero-order valence-corrected chi connectivity index (χ0v) is 9.74. The molecule has 0 saturated heterocycles. The molecule has 2 N–H and O–H groups in total. The first-order valence-electron chi connectivity index (χ1n) is 4.55. The SMILES string of the molecule is Nc1nc2cc(C#CCCS)ccc2s1. The molecule has 0 fully saturated rings. The van der Waals surface area contributed by atoms with E-state index in [0.29, 0.717) is 5.13 Å². The minimum absolute atomic E-state index is 0.602. The second-order valence-corrected chi connectivity index (χ2v) is 4.52. The van der Waals surface area contributed by atoms with Crippen LogP contribution in [0.15, 0.2) is 18.2 Å². The Morgan fingerprint density at radius 1 is 1.47 bits per heavy atom. The lowest BCUT2D eigenvalue weighted by Gasteiger charge is -1.89. The molecule has 2 aromatic rings. The van der Waals surface area contributed by atoms with Crippen molar-refractivity contribution in [3.8, 4) is 11.8 Å². The first-order valence-corrected chi connectivity index (χ1v) is 6.00. The molecule has 1 aromatic carbocycles. The van der Waals surface area contributed by atoms with E-state index >= 15 is 0 Å². The fraction of sp³-hybridized carbons (Fsp3) is 0.182. The largest absolute Gasteiger partial charge is 0.375 e. The number of rotatable bonds is 1. The van der Waals surface area contributed by atoms with Gasteiger partial charge in [-0.05, 0) is 18.2 Å². The molecule has 2 nitrogen and oxygen atoms in total. The van der Waals surface area contributed by atoms with E-state index in [1.165, 1.54) is 11.3 Å². The normalized spacial score (nSPS) is 9.93. The van der Waals surface area contributed by atoms with Crippen molar-refractivity contribution < 1.29 is 0 Å². The molecule has 0 radical (unpaired) electrons. The summed E-state index contributed by atoms with van der Waals surface area (Å²) >= 11 is 5.60. The third kappa shape index (κ3) is 2.44. The summed E-state index contributed by atoms with van der Waals surface area (Å²) in [5.74, 6) is 6.90. The Kier molecular flexibility index (Phi) is 3.14. The van der Waals surface area contributed by atoms with Gasteiger partial charge in [0.2, 0.25) is 0 Å². The van der Waals surface area contributed by atoms with E-state index in [2.05, 4.69) is 29.5 Å². The zero-order chi connectivity index (χ0) is 10.7. The number of nitrogen functional groups attached to an aromatic ring is 1. The second kappa shape index (κ2) is 4.56. The molecule has 0 bridgehead atoms. The van der Waals surface area contributed by atoms with Crippen molar-refractivity contribution in [1.82, 2.24) is 4.98 Å². The van der Waals surface area contributed by atoms with Gasteiger partial charge in [-0.3, -0.25) is 0 Å². The number of nitrogens with two attached hydrogens (primary N) is 1. The summed E-state index contributed by atoms with van der Waals surface area (Å²) in [5.41, 5.74) is 7.53. The molecule has 15 heavy (non-hydrogen) atoms. The van der Waals surface area contributed by atoms with Gasteiger partial charge in [-0.1, -0.05) is 23.2 Å². The summed E-state index contributed by atoms with van der Waals surface area (Å²) in [5, 5.41) is 0.602. The maximum Gasteiger partial charge on any atom is 0.181 e. The van der Waals surface area contributed by atoms with E-state index in [4.69, 9.17) is 5.73 Å². The molecule has 0 saturated carbocycles. The van der Waals surface area contributed by atoms with E-state index in [1.807, 2.05) is 18.2 Å². The Balaban J connectivity index is 2.35. The van der Waals surface area contributed by atoms with Gasteiger partial charge in [-0.25, -0.2) is 4.98 Å². The molecule has 0 spiro atoms. The van der Waals surface area contributed by atoms with Crippen LogP contribution in [-0.2, 0) is 0 Å². The van der Waals surface area contributed by atoms with Crippen LogP contribution in [0, 0.1) is 11.8 Å². The topological polar surface area (TPSA) is 38.9 Å². The van der Waals surface area contributed by atoms with Crippen LogP contribution >= 0.6 is 24.0 Å². The number of anilines is 1. The van der Waals surface area contributed by atoms with Crippen LogP contribution in [0.5, 0.6) is 0 Å². The lowest BCUT2D eigenvalue weighted by Crippen LogP contribution is -1.79. The fourth-order valence-electron chi connectivity index (χ4n) is 1.24. The van der Waals surface area contributed by atoms with Gasteiger partial charge in [0.25, 0.3) is 0 Å². The lowest BCUT2D eigenvalue weighted by atomic mass is 10.2. The molecule has 0 amide bonds. The Bertz CT molecular complexity index is 534. The summed E-state index contributed by atoms with van der Waals surface area (Å²) in [4.78, 5) is 4.22. The standard InChI is InChI=1S/C11H10N2S2/c12-11-13-9-7-8(3-1-2-6-14)4-5-10(9)15-11/h4-5,7,14H,2,6H2,(H2,12,13). The monoisotopic (exact) mass is 234 g/mol. The maximum atomic E-state index is 5.62. The average molecular weight is 234 g/mol. The number of hydrogen-bond acceptors (Lipinski definition) is 4. The van der Waals surface area contributed by atoms with E-state index in [-0.39, 0.29) is 0 Å². The van der Waals surface area contributed by atoms with Crippen molar-refractivity contribution in [2.24, 2.45) is 0 Å². The van der Waals surface area contributed by atoms with Crippen LogP contribution in [0.4, 0.5) is 5.13 Å². The smallest absolute Gasteiger partial charge is 0.181 e. The Hall–Kier alpha value is -1.18. The first kappa shape index (κ1) is 10.3. The Labute approximate surface area is 97.9 Å². The van der Waals surface area contributed by atoms with Crippen LogP contribution < -0.4 is 5.73 Å². The number of thiazole rings is 1. The van der Waals surface area contributed by atoms with Gasteiger partial charge >= 0.3 is 0 Å². The molecule has 0 atom stereocenters. The molecule has 4 heteroatoms. The third-order valence-electron chi connectivity index (χ3n) is 1.87. The van der Waals surface area contributed by atoms with Crippen LogP contribution in [0.1, 0.15) is 12.0 Å². The predicted octanol–water partition coefficient (Wildman–Crippen LogP) is 2.55. The molecule has 0 aliphatic carbocycles. The number of benzene rings is 1. The summed E-state index contributed by atoms with van der Waals surface area (Å²) in [6, 6.07) is 5.97. The molecular formula is C11H10N2S2. The van der Waals surface area contributed by atoms with Gasteiger partial charge in [-0.15, -0.1) is 0 Å². The van der Waals surface area contributed by atoms with Gasteiger partial charge in [-0.2, -0.15) is 12.6 Å². The van der Waals surface area contributed by atoms with Crippen molar-refractivity contribution in [1.29, 1.82) is 0 Å². The van der Waals surface area contributed by atoms with E-state index < -0.39 is 0 Å². The third-order valence-corrected chi connectivity index (χ3v) is 2.96. The number of nitrogens with zero attached hydrogens (tertiary/aromatic N) is 1. The number of fused-ring (bicyclic) bond motifs is 1. The summed E-state index contributed by atoms with van der Waals surface area (Å²) in [6.45, 7) is 0. The van der Waals surface area contributed by atoms with Gasteiger partial charge in [0.05, 0.1) is 10.2 Å². The highest BCUT2D eigenvalue weighted by Crippen LogP contribution is 2.23.